The smallest absolute Gasteiger partial charge is 0.305 e. The molecule has 2 atom stereocenters. The number of hydrogen-bond donors (Lipinski definition) is 3. The van der Waals surface area contributed by atoms with Gasteiger partial charge < -0.3 is 20.3 Å². The number of aliphatic hydroxyl groups is 2. The highest BCUT2D eigenvalue weighted by atomic mass is 16.5. The summed E-state index contributed by atoms with van der Waals surface area (Å²) in [5, 5.41) is 23.2. The summed E-state index contributed by atoms with van der Waals surface area (Å²) < 4.78 is 5.48. The first-order valence-corrected chi connectivity index (χ1v) is 32.1. The minimum atomic E-state index is -0.846. The SMILES string of the molecule is CCCCCCCC/C=C\CCCCCCCC(=O)OCCCCCCCCCCCCCCCCCCCCCCC(=O)NC(CO)C(O)/C=C/CCCCCCCCCCCCCCCCCCC. The van der Waals surface area contributed by atoms with Gasteiger partial charge in [0.05, 0.1) is 25.4 Å². The third-order valence-electron chi connectivity index (χ3n) is 15.0. The van der Waals surface area contributed by atoms with Crippen molar-refractivity contribution in [2.45, 2.75) is 366 Å². The summed E-state index contributed by atoms with van der Waals surface area (Å²) in [7, 11) is 0. The number of nitrogens with one attached hydrogen (secondary N) is 1. The zero-order valence-electron chi connectivity index (χ0n) is 48.0. The van der Waals surface area contributed by atoms with Gasteiger partial charge in [0.1, 0.15) is 0 Å². The van der Waals surface area contributed by atoms with E-state index >= 15 is 0 Å². The van der Waals surface area contributed by atoms with E-state index in [1.54, 1.807) is 6.08 Å². The Balaban J connectivity index is 3.42. The molecule has 0 aliphatic heterocycles. The van der Waals surface area contributed by atoms with Crippen LogP contribution in [0.4, 0.5) is 0 Å². The minimum absolute atomic E-state index is 0.00258. The van der Waals surface area contributed by atoms with E-state index in [1.807, 2.05) is 6.08 Å². The van der Waals surface area contributed by atoms with Crippen LogP contribution >= 0.6 is 0 Å². The van der Waals surface area contributed by atoms with Crippen LogP contribution < -0.4 is 5.32 Å². The zero-order valence-corrected chi connectivity index (χ0v) is 48.0. The predicted molar refractivity (Wildman–Crippen MR) is 310 cm³/mol. The summed E-state index contributed by atoms with van der Waals surface area (Å²) in [6.45, 7) is 4.92. The molecule has 0 aliphatic carbocycles. The molecule has 0 heterocycles. The molecule has 0 saturated heterocycles. The maximum Gasteiger partial charge on any atom is 0.305 e. The molecule has 0 radical (unpaired) electrons. The molecular formula is C65H125NO5. The fraction of sp³-hybridized carbons (Fsp3) is 0.908. The van der Waals surface area contributed by atoms with Crippen LogP contribution in [0, 0.1) is 0 Å². The lowest BCUT2D eigenvalue weighted by Gasteiger charge is -2.20. The van der Waals surface area contributed by atoms with Crippen LogP contribution in [0.15, 0.2) is 24.3 Å². The third kappa shape index (κ3) is 57.5. The number of allylic oxidation sites excluding steroid dienone is 3. The Labute approximate surface area is 443 Å². The summed E-state index contributed by atoms with van der Waals surface area (Å²) in [6, 6.07) is -0.630. The van der Waals surface area contributed by atoms with Crippen LogP contribution in [0.5, 0.6) is 0 Å². The quantitative estimate of drug-likeness (QED) is 0.0320. The van der Waals surface area contributed by atoms with Crippen LogP contribution in [0.1, 0.15) is 354 Å². The van der Waals surface area contributed by atoms with Crippen molar-refractivity contribution in [2.75, 3.05) is 13.2 Å². The van der Waals surface area contributed by atoms with Crippen molar-refractivity contribution in [3.63, 3.8) is 0 Å². The normalized spacial score (nSPS) is 12.7. The summed E-state index contributed by atoms with van der Waals surface area (Å²) in [5.74, 6) is -0.0644. The molecule has 1 amide bonds. The number of ether oxygens (including phenoxy) is 1. The number of unbranched alkanes of at least 4 members (excludes halogenated alkanes) is 47. The lowest BCUT2D eigenvalue weighted by atomic mass is 10.0. The molecule has 6 nitrogen and oxygen atoms in total. The number of esters is 1. The van der Waals surface area contributed by atoms with Gasteiger partial charge in [-0.3, -0.25) is 9.59 Å². The van der Waals surface area contributed by atoms with Crippen LogP contribution in [0.25, 0.3) is 0 Å². The molecule has 0 saturated carbocycles. The average molecular weight is 1000 g/mol. The highest BCUT2D eigenvalue weighted by molar-refractivity contribution is 5.76. The van der Waals surface area contributed by atoms with Crippen molar-refractivity contribution in [3.8, 4) is 0 Å². The van der Waals surface area contributed by atoms with Crippen molar-refractivity contribution in [1.82, 2.24) is 5.32 Å². The van der Waals surface area contributed by atoms with Crippen LogP contribution in [-0.4, -0.2) is 47.4 Å². The minimum Gasteiger partial charge on any atom is -0.466 e. The van der Waals surface area contributed by atoms with Crippen molar-refractivity contribution < 1.29 is 24.5 Å². The molecule has 3 N–H and O–H groups in total. The number of amides is 1. The molecule has 0 bridgehead atoms. The van der Waals surface area contributed by atoms with Crippen molar-refractivity contribution in [3.05, 3.63) is 24.3 Å². The van der Waals surface area contributed by atoms with E-state index in [2.05, 4.69) is 31.3 Å². The van der Waals surface area contributed by atoms with E-state index in [4.69, 9.17) is 4.74 Å². The third-order valence-corrected chi connectivity index (χ3v) is 15.0. The van der Waals surface area contributed by atoms with Crippen LogP contribution in [0.3, 0.4) is 0 Å². The maximum atomic E-state index is 12.5. The Morgan fingerprint density at radius 1 is 0.380 bits per heavy atom. The van der Waals surface area contributed by atoms with Crippen molar-refractivity contribution in [1.29, 1.82) is 0 Å². The molecule has 0 spiro atoms. The molecule has 2 unspecified atom stereocenters. The molecule has 0 aromatic carbocycles. The van der Waals surface area contributed by atoms with Gasteiger partial charge in [-0.1, -0.05) is 308 Å². The predicted octanol–water partition coefficient (Wildman–Crippen LogP) is 20.2. The van der Waals surface area contributed by atoms with Crippen molar-refractivity contribution in [2.24, 2.45) is 0 Å². The first kappa shape index (κ1) is 69.3. The van der Waals surface area contributed by atoms with E-state index in [0.29, 0.717) is 19.4 Å². The van der Waals surface area contributed by atoms with Crippen LogP contribution in [0.2, 0.25) is 0 Å². The van der Waals surface area contributed by atoms with Crippen LogP contribution in [-0.2, 0) is 14.3 Å². The molecule has 420 valence electrons. The number of aliphatic hydroxyl groups excluding tert-OH is 2. The molecule has 0 aliphatic rings. The van der Waals surface area contributed by atoms with Gasteiger partial charge in [0, 0.05) is 12.8 Å². The van der Waals surface area contributed by atoms with Gasteiger partial charge in [-0.15, -0.1) is 0 Å². The first-order valence-electron chi connectivity index (χ1n) is 32.1. The Hall–Kier alpha value is -1.66. The molecule has 0 fully saturated rings. The first-order chi connectivity index (χ1) is 35.0. The fourth-order valence-corrected chi connectivity index (χ4v) is 10.0. The highest BCUT2D eigenvalue weighted by Gasteiger charge is 2.18. The molecule has 0 aromatic rings. The molecule has 6 heteroatoms. The lowest BCUT2D eigenvalue weighted by molar-refractivity contribution is -0.143. The van der Waals surface area contributed by atoms with E-state index in [0.717, 1.165) is 44.9 Å². The number of rotatable bonds is 60. The lowest BCUT2D eigenvalue weighted by Crippen LogP contribution is -2.45. The topological polar surface area (TPSA) is 95.9 Å². The van der Waals surface area contributed by atoms with Gasteiger partial charge >= 0.3 is 5.97 Å². The summed E-state index contributed by atoms with van der Waals surface area (Å²) >= 11 is 0. The van der Waals surface area contributed by atoms with E-state index < -0.39 is 12.1 Å². The van der Waals surface area contributed by atoms with Gasteiger partial charge in [0.25, 0.3) is 0 Å². The van der Waals surface area contributed by atoms with Gasteiger partial charge in [0.15, 0.2) is 0 Å². The molecule has 0 aromatic heterocycles. The standard InChI is InChI=1S/C65H125NO5/c1-3-5-7-9-11-13-15-17-19-20-23-26-30-33-37-41-45-49-53-57-63(68)62(61-67)66-64(69)58-54-50-46-42-38-34-31-27-24-21-22-25-28-32-36-40-44-48-52-56-60-71-65(70)59-55-51-47-43-39-35-29-18-16-14-12-10-8-6-4-2/h18,29,53,57,62-63,67-68H,3-17,19-28,30-52,54-56,58-61H2,1-2H3,(H,66,69)/b29-18-,57-53+. The molecular weight excluding hydrogens is 875 g/mol. The number of hydrogen-bond acceptors (Lipinski definition) is 5. The Kier molecular flexibility index (Phi) is 59.5. The largest absolute Gasteiger partial charge is 0.466 e. The Morgan fingerprint density at radius 2 is 0.662 bits per heavy atom. The van der Waals surface area contributed by atoms with E-state index in [1.165, 1.54) is 283 Å². The highest BCUT2D eigenvalue weighted by Crippen LogP contribution is 2.18. The summed E-state index contributed by atoms with van der Waals surface area (Å²) in [6.07, 6.45) is 75.0. The second-order valence-corrected chi connectivity index (χ2v) is 22.1. The van der Waals surface area contributed by atoms with Gasteiger partial charge in [0.2, 0.25) is 5.91 Å². The second-order valence-electron chi connectivity index (χ2n) is 22.1. The molecule has 0 rings (SSSR count). The Morgan fingerprint density at radius 3 is 1.00 bits per heavy atom. The molecule has 71 heavy (non-hydrogen) atoms. The fourth-order valence-electron chi connectivity index (χ4n) is 10.0. The van der Waals surface area contributed by atoms with E-state index in [-0.39, 0.29) is 18.5 Å². The summed E-state index contributed by atoms with van der Waals surface area (Å²) in [5.41, 5.74) is 0. The van der Waals surface area contributed by atoms with Gasteiger partial charge in [-0.2, -0.15) is 0 Å². The van der Waals surface area contributed by atoms with Crippen molar-refractivity contribution >= 4 is 11.9 Å². The number of carbonyl (C=O) groups excluding carboxylic acids is 2. The average Bonchev–Trinajstić information content (AvgIpc) is 3.37. The van der Waals surface area contributed by atoms with Gasteiger partial charge in [-0.05, 0) is 57.8 Å². The van der Waals surface area contributed by atoms with E-state index in [9.17, 15) is 19.8 Å². The maximum absolute atomic E-state index is 12.5. The zero-order chi connectivity index (χ0) is 51.4. The second kappa shape index (κ2) is 60.9. The van der Waals surface area contributed by atoms with Gasteiger partial charge in [-0.25, -0.2) is 0 Å². The monoisotopic (exact) mass is 1000 g/mol. The Bertz CT molecular complexity index is 1110. The number of carbonyl (C=O) groups is 2. The summed E-state index contributed by atoms with van der Waals surface area (Å²) in [4.78, 5) is 24.6.